The smallest absolute Gasteiger partial charge is 0.324 e. The van der Waals surface area contributed by atoms with E-state index >= 15 is 0 Å². The fourth-order valence-corrected chi connectivity index (χ4v) is 6.22. The van der Waals surface area contributed by atoms with Gasteiger partial charge in [0.25, 0.3) is 0 Å². The lowest BCUT2D eigenvalue weighted by atomic mass is 10.1. The molecule has 8 nitrogen and oxygen atoms in total. The van der Waals surface area contributed by atoms with E-state index in [1.807, 2.05) is 71.4 Å². The fraction of sp³-hybridized carbons (Fsp3) is 0.375. The number of nitrogens with zero attached hydrogens (tertiary/aromatic N) is 3. The molecule has 2 atom stereocenters. The number of aryl methyl sites for hydroxylation is 1. The van der Waals surface area contributed by atoms with E-state index in [9.17, 15) is 4.79 Å². The van der Waals surface area contributed by atoms with E-state index in [4.69, 9.17) is 14.6 Å². The first-order valence-corrected chi connectivity index (χ1v) is 17.8. The average Bonchev–Trinajstić information content (AvgIpc) is 3.34. The molecule has 2 amide bonds. The van der Waals surface area contributed by atoms with Gasteiger partial charge < -0.3 is 14.8 Å². The number of fused-ring (bicyclic) bond motifs is 1. The van der Waals surface area contributed by atoms with E-state index in [-0.39, 0.29) is 18.2 Å². The normalized spacial score (nSPS) is 17.9. The molecule has 2 unspecified atom stereocenters. The maximum absolute atomic E-state index is 13.3. The van der Waals surface area contributed by atoms with Crippen molar-refractivity contribution < 1.29 is 14.3 Å². The van der Waals surface area contributed by atoms with Crippen LogP contribution in [0.25, 0.3) is 16.5 Å². The van der Waals surface area contributed by atoms with Gasteiger partial charge in [-0.2, -0.15) is 5.10 Å². The van der Waals surface area contributed by atoms with Crippen LogP contribution in [0.3, 0.4) is 0 Å². The monoisotopic (exact) mass is 571 g/mol. The Labute approximate surface area is 243 Å². The number of amides is 2. The minimum atomic E-state index is -1.71. The summed E-state index contributed by atoms with van der Waals surface area (Å²) in [6, 6.07) is 21.6. The van der Waals surface area contributed by atoms with E-state index in [1.165, 1.54) is 5.56 Å². The lowest BCUT2D eigenvalue weighted by Gasteiger charge is -2.35. The lowest BCUT2D eigenvalue weighted by molar-refractivity contribution is -0.0699. The number of hydrogen-bond donors (Lipinski definition) is 2. The maximum Gasteiger partial charge on any atom is 0.324 e. The van der Waals surface area contributed by atoms with Crippen molar-refractivity contribution >= 4 is 41.7 Å². The molecule has 1 aliphatic rings. The molecule has 0 saturated carbocycles. The Balaban J connectivity index is 1.31. The van der Waals surface area contributed by atoms with Crippen molar-refractivity contribution in [1.82, 2.24) is 14.7 Å². The summed E-state index contributed by atoms with van der Waals surface area (Å²) < 4.78 is 13.9. The highest BCUT2D eigenvalue weighted by molar-refractivity contribution is 6.88. The molecule has 2 N–H and O–H groups in total. The van der Waals surface area contributed by atoms with Crippen LogP contribution in [0.2, 0.25) is 19.6 Å². The summed E-state index contributed by atoms with van der Waals surface area (Å²) in [5.74, 6) is 1.44. The number of nitrogens with one attached hydrogen (secondary N) is 2. The van der Waals surface area contributed by atoms with Gasteiger partial charge in [0.15, 0.2) is 0 Å². The molecule has 41 heavy (non-hydrogen) atoms. The Bertz CT molecular complexity index is 1500. The van der Waals surface area contributed by atoms with Crippen LogP contribution in [0.5, 0.6) is 5.75 Å². The van der Waals surface area contributed by atoms with Gasteiger partial charge in [-0.15, -0.1) is 0 Å². The zero-order valence-corrected chi connectivity index (χ0v) is 25.9. The van der Waals surface area contributed by atoms with Crippen LogP contribution in [-0.4, -0.2) is 67.2 Å². The molecule has 4 aromatic rings. The average molecular weight is 572 g/mol. The van der Waals surface area contributed by atoms with Gasteiger partial charge in [-0.05, 0) is 51.1 Å². The highest BCUT2D eigenvalue weighted by atomic mass is 28.3. The number of aromatic nitrogens is 2. The van der Waals surface area contributed by atoms with Gasteiger partial charge in [0.1, 0.15) is 26.2 Å². The van der Waals surface area contributed by atoms with Gasteiger partial charge in [0.05, 0.1) is 23.6 Å². The first kappa shape index (κ1) is 28.9. The second-order valence-electron chi connectivity index (χ2n) is 12.0. The number of ether oxygens (including phenoxy) is 2. The third kappa shape index (κ3) is 6.98. The number of carbonyl (C=O) groups is 1. The van der Waals surface area contributed by atoms with E-state index in [0.29, 0.717) is 18.1 Å². The molecule has 1 fully saturated rings. The van der Waals surface area contributed by atoms with Crippen LogP contribution in [0.15, 0.2) is 66.7 Å². The minimum Gasteiger partial charge on any atom is -0.492 e. The number of carbonyl (C=O) groups excluding carboxylic acids is 1. The number of rotatable bonds is 8. The summed E-state index contributed by atoms with van der Waals surface area (Å²) in [5, 5.41) is 13.9. The van der Waals surface area contributed by atoms with Crippen LogP contribution in [0, 0.1) is 6.92 Å². The first-order chi connectivity index (χ1) is 19.6. The SMILES string of the molecule is Cc1ccc(-n2nc([Si](C)(C)C)cc2NC(=O)Nc2ccc(OCCN3CC(C)OC(C)C3)c3ccccc23)cc1. The molecular formula is C32H41N5O3Si. The molecule has 216 valence electrons. The number of hydrogen-bond acceptors (Lipinski definition) is 5. The first-order valence-electron chi connectivity index (χ1n) is 14.3. The molecular weight excluding hydrogens is 530 g/mol. The van der Waals surface area contributed by atoms with Crippen molar-refractivity contribution in [1.29, 1.82) is 0 Å². The molecule has 1 aromatic heterocycles. The van der Waals surface area contributed by atoms with Gasteiger partial charge >= 0.3 is 6.03 Å². The standard InChI is InChI=1S/C32H41N5O3Si/c1-22-11-13-25(14-12-22)37-30(19-31(35-37)41(4,5)6)34-32(38)33-28-15-16-29(27-10-8-7-9-26(27)28)39-18-17-36-20-23(2)40-24(3)21-36/h7-16,19,23-24H,17-18,20-21H2,1-6H3,(H2,33,34,38). The van der Waals surface area contributed by atoms with E-state index in [0.717, 1.165) is 47.2 Å². The summed E-state index contributed by atoms with van der Waals surface area (Å²) in [6.45, 7) is 16.3. The lowest BCUT2D eigenvalue weighted by Crippen LogP contribution is -2.46. The van der Waals surface area contributed by atoms with Gasteiger partial charge in [-0.25, -0.2) is 9.48 Å². The van der Waals surface area contributed by atoms with Crippen molar-refractivity contribution in [3.05, 3.63) is 72.3 Å². The zero-order valence-electron chi connectivity index (χ0n) is 24.9. The number of morpholine rings is 1. The van der Waals surface area contributed by atoms with Crippen LogP contribution in [0.4, 0.5) is 16.3 Å². The van der Waals surface area contributed by atoms with E-state index in [1.54, 1.807) is 0 Å². The molecule has 1 saturated heterocycles. The molecule has 5 rings (SSSR count). The summed E-state index contributed by atoms with van der Waals surface area (Å²) in [4.78, 5) is 15.7. The number of benzene rings is 3. The maximum atomic E-state index is 13.3. The van der Waals surface area contributed by atoms with Crippen molar-refractivity contribution in [3.8, 4) is 11.4 Å². The predicted molar refractivity (Wildman–Crippen MR) is 170 cm³/mol. The van der Waals surface area contributed by atoms with Crippen LogP contribution < -0.4 is 20.7 Å². The molecule has 3 aromatic carbocycles. The van der Waals surface area contributed by atoms with Crippen molar-refractivity contribution in [2.75, 3.05) is 36.9 Å². The molecule has 0 bridgehead atoms. The third-order valence-corrected chi connectivity index (χ3v) is 9.07. The van der Waals surface area contributed by atoms with Crippen molar-refractivity contribution in [3.63, 3.8) is 0 Å². The Kier molecular flexibility index (Phi) is 8.49. The van der Waals surface area contributed by atoms with Gasteiger partial charge in [0.2, 0.25) is 0 Å². The Morgan fingerprint density at radius 3 is 2.34 bits per heavy atom. The molecule has 9 heteroatoms. The highest BCUT2D eigenvalue weighted by Crippen LogP contribution is 2.32. The quantitative estimate of drug-likeness (QED) is 0.253. The molecule has 0 aliphatic carbocycles. The van der Waals surface area contributed by atoms with E-state index < -0.39 is 8.07 Å². The molecule has 0 spiro atoms. The molecule has 0 radical (unpaired) electrons. The second-order valence-corrected chi connectivity index (χ2v) is 17.0. The molecule has 2 heterocycles. The van der Waals surface area contributed by atoms with Gasteiger partial charge in [-0.3, -0.25) is 10.2 Å². The summed E-state index contributed by atoms with van der Waals surface area (Å²) in [7, 11) is -1.71. The van der Waals surface area contributed by atoms with Gasteiger partial charge in [0, 0.05) is 35.7 Å². The summed E-state index contributed by atoms with van der Waals surface area (Å²) in [5.41, 5.74) is 2.79. The Hall–Kier alpha value is -3.66. The van der Waals surface area contributed by atoms with Crippen LogP contribution >= 0.6 is 0 Å². The predicted octanol–water partition coefficient (Wildman–Crippen LogP) is 6.01. The van der Waals surface area contributed by atoms with E-state index in [2.05, 4.69) is 55.9 Å². The highest BCUT2D eigenvalue weighted by Gasteiger charge is 2.24. The Morgan fingerprint density at radius 2 is 1.66 bits per heavy atom. The second kappa shape index (κ2) is 12.1. The number of urea groups is 1. The topological polar surface area (TPSA) is 80.7 Å². The van der Waals surface area contributed by atoms with Crippen LogP contribution in [-0.2, 0) is 4.74 Å². The fourth-order valence-electron chi connectivity index (χ4n) is 5.25. The van der Waals surface area contributed by atoms with Gasteiger partial charge in [-0.1, -0.05) is 61.6 Å². The van der Waals surface area contributed by atoms with Crippen molar-refractivity contribution in [2.45, 2.75) is 52.6 Å². The molecule has 1 aliphatic heterocycles. The minimum absolute atomic E-state index is 0.230. The van der Waals surface area contributed by atoms with Crippen LogP contribution in [0.1, 0.15) is 19.4 Å². The number of anilines is 2. The van der Waals surface area contributed by atoms with Crippen molar-refractivity contribution in [2.24, 2.45) is 0 Å². The summed E-state index contributed by atoms with van der Waals surface area (Å²) in [6.07, 6.45) is 0.461. The Morgan fingerprint density at radius 1 is 0.976 bits per heavy atom. The zero-order chi connectivity index (χ0) is 29.1. The summed E-state index contributed by atoms with van der Waals surface area (Å²) >= 11 is 0. The third-order valence-electron chi connectivity index (χ3n) is 7.29. The largest absolute Gasteiger partial charge is 0.492 e.